The van der Waals surface area contributed by atoms with Crippen LogP contribution in [0.3, 0.4) is 0 Å². The second kappa shape index (κ2) is 9.50. The largest absolute Gasteiger partial charge is 0.384 e. The van der Waals surface area contributed by atoms with Crippen molar-refractivity contribution in [3.05, 3.63) is 54.1 Å². The number of amides is 1. The molecule has 0 saturated carbocycles. The van der Waals surface area contributed by atoms with Crippen molar-refractivity contribution in [2.24, 2.45) is 0 Å². The number of carbonyl (C=O) groups excluding carboxylic acids is 1. The van der Waals surface area contributed by atoms with Crippen LogP contribution in [0.5, 0.6) is 0 Å². The quantitative estimate of drug-likeness (QED) is 0.743. The maximum atomic E-state index is 13.1. The van der Waals surface area contributed by atoms with E-state index in [2.05, 4.69) is 34.2 Å². The predicted octanol–water partition coefficient (Wildman–Crippen LogP) is 2.55. The van der Waals surface area contributed by atoms with Gasteiger partial charge in [-0.15, -0.1) is 0 Å². The molecule has 0 radical (unpaired) electrons. The average Bonchev–Trinajstić information content (AvgIpc) is 2.72. The highest BCUT2D eigenvalue weighted by atomic mass is 19.1. The van der Waals surface area contributed by atoms with Crippen molar-refractivity contribution in [3.63, 3.8) is 0 Å². The molecule has 1 aromatic heterocycles. The first kappa shape index (κ1) is 20.1. The molecule has 1 aliphatic rings. The molecule has 1 saturated heterocycles. The number of rotatable bonds is 7. The van der Waals surface area contributed by atoms with Gasteiger partial charge >= 0.3 is 0 Å². The molecule has 3 rings (SSSR count). The van der Waals surface area contributed by atoms with Crippen LogP contribution in [0, 0.1) is 5.82 Å². The van der Waals surface area contributed by atoms with E-state index in [0.29, 0.717) is 18.8 Å². The Hall–Kier alpha value is -2.67. The Morgan fingerprint density at radius 1 is 1.11 bits per heavy atom. The molecule has 2 aromatic rings. The monoisotopic (exact) mass is 385 g/mol. The van der Waals surface area contributed by atoms with Crippen molar-refractivity contribution in [1.29, 1.82) is 0 Å². The highest BCUT2D eigenvalue weighted by Gasteiger charge is 2.23. The molecular formula is C21H28FN5O. The Balaban J connectivity index is 1.48. The smallest absolute Gasteiger partial charge is 0.272 e. The SMILES string of the molecule is CN(C)CCCNc1ccc(C(=O)N2CCN(c3ccc(F)cc3)CC2)nc1. The Morgan fingerprint density at radius 3 is 2.43 bits per heavy atom. The summed E-state index contributed by atoms with van der Waals surface area (Å²) in [4.78, 5) is 23.2. The van der Waals surface area contributed by atoms with E-state index in [1.807, 2.05) is 11.0 Å². The van der Waals surface area contributed by atoms with Crippen LogP contribution in [0.4, 0.5) is 15.8 Å². The van der Waals surface area contributed by atoms with Crippen molar-refractivity contribution >= 4 is 17.3 Å². The van der Waals surface area contributed by atoms with Gasteiger partial charge in [-0.05, 0) is 63.5 Å². The van der Waals surface area contributed by atoms with Crippen LogP contribution < -0.4 is 10.2 Å². The number of hydrogen-bond donors (Lipinski definition) is 1. The number of piperazine rings is 1. The fraction of sp³-hybridized carbons (Fsp3) is 0.429. The Bertz CT molecular complexity index is 755. The summed E-state index contributed by atoms with van der Waals surface area (Å²) in [5, 5.41) is 3.33. The van der Waals surface area contributed by atoms with E-state index < -0.39 is 0 Å². The first-order valence-corrected chi connectivity index (χ1v) is 9.67. The number of anilines is 2. The first-order valence-electron chi connectivity index (χ1n) is 9.67. The lowest BCUT2D eigenvalue weighted by Gasteiger charge is -2.36. The average molecular weight is 385 g/mol. The summed E-state index contributed by atoms with van der Waals surface area (Å²) in [5.74, 6) is -0.280. The van der Waals surface area contributed by atoms with Gasteiger partial charge in [0.25, 0.3) is 5.91 Å². The molecule has 6 nitrogen and oxygen atoms in total. The highest BCUT2D eigenvalue weighted by Crippen LogP contribution is 2.18. The molecule has 150 valence electrons. The van der Waals surface area contributed by atoms with Gasteiger partial charge < -0.3 is 20.0 Å². The number of hydrogen-bond acceptors (Lipinski definition) is 5. The number of nitrogens with one attached hydrogen (secondary N) is 1. The molecule has 0 aliphatic carbocycles. The molecule has 0 unspecified atom stereocenters. The molecule has 1 amide bonds. The van der Waals surface area contributed by atoms with Crippen molar-refractivity contribution in [2.75, 3.05) is 63.6 Å². The summed E-state index contributed by atoms with van der Waals surface area (Å²) in [5.41, 5.74) is 2.38. The topological polar surface area (TPSA) is 51.7 Å². The van der Waals surface area contributed by atoms with E-state index in [1.165, 1.54) is 12.1 Å². The maximum Gasteiger partial charge on any atom is 0.272 e. The number of aromatic nitrogens is 1. The lowest BCUT2D eigenvalue weighted by atomic mass is 10.2. The fourth-order valence-corrected chi connectivity index (χ4v) is 3.23. The third-order valence-corrected chi connectivity index (χ3v) is 4.85. The molecule has 0 atom stereocenters. The van der Waals surface area contributed by atoms with Gasteiger partial charge in [0.15, 0.2) is 0 Å². The summed E-state index contributed by atoms with van der Waals surface area (Å²) >= 11 is 0. The first-order chi connectivity index (χ1) is 13.5. The number of nitrogens with zero attached hydrogens (tertiary/aromatic N) is 4. The number of carbonyl (C=O) groups is 1. The normalized spacial score (nSPS) is 14.4. The molecule has 28 heavy (non-hydrogen) atoms. The minimum atomic E-state index is -0.237. The predicted molar refractivity (Wildman–Crippen MR) is 110 cm³/mol. The van der Waals surface area contributed by atoms with E-state index in [4.69, 9.17) is 0 Å². The Morgan fingerprint density at radius 2 is 1.82 bits per heavy atom. The third kappa shape index (κ3) is 5.42. The van der Waals surface area contributed by atoms with E-state index in [9.17, 15) is 9.18 Å². The zero-order valence-corrected chi connectivity index (χ0v) is 16.6. The van der Waals surface area contributed by atoms with Crippen LogP contribution in [0.1, 0.15) is 16.9 Å². The minimum absolute atomic E-state index is 0.0436. The van der Waals surface area contributed by atoms with Gasteiger partial charge in [-0.25, -0.2) is 9.37 Å². The van der Waals surface area contributed by atoms with Crippen molar-refractivity contribution in [2.45, 2.75) is 6.42 Å². The van der Waals surface area contributed by atoms with Crippen LogP contribution in [0.25, 0.3) is 0 Å². The van der Waals surface area contributed by atoms with Crippen LogP contribution in [0.2, 0.25) is 0 Å². The summed E-state index contributed by atoms with van der Waals surface area (Å²) in [6.07, 6.45) is 2.77. The van der Waals surface area contributed by atoms with Gasteiger partial charge in [0, 0.05) is 38.4 Å². The van der Waals surface area contributed by atoms with Gasteiger partial charge in [-0.2, -0.15) is 0 Å². The van der Waals surface area contributed by atoms with Crippen LogP contribution >= 0.6 is 0 Å². The number of benzene rings is 1. The standard InChI is InChI=1S/C21H28FN5O/c1-25(2)11-3-10-23-18-6-9-20(24-16-18)21(28)27-14-12-26(13-15-27)19-7-4-17(22)5-8-19/h4-9,16,23H,3,10-15H2,1-2H3. The molecule has 2 heterocycles. The summed E-state index contributed by atoms with van der Waals surface area (Å²) in [7, 11) is 4.11. The molecular weight excluding hydrogens is 357 g/mol. The molecule has 1 N–H and O–H groups in total. The van der Waals surface area contributed by atoms with Crippen LogP contribution in [-0.4, -0.2) is 74.1 Å². The van der Waals surface area contributed by atoms with E-state index in [1.54, 1.807) is 24.4 Å². The summed E-state index contributed by atoms with van der Waals surface area (Å²) in [6.45, 7) is 4.61. The molecule has 0 bridgehead atoms. The highest BCUT2D eigenvalue weighted by molar-refractivity contribution is 5.92. The van der Waals surface area contributed by atoms with Crippen LogP contribution in [-0.2, 0) is 0 Å². The molecule has 1 aliphatic heterocycles. The zero-order chi connectivity index (χ0) is 19.9. The maximum absolute atomic E-state index is 13.1. The fourth-order valence-electron chi connectivity index (χ4n) is 3.23. The van der Waals surface area contributed by atoms with Gasteiger partial charge in [0.1, 0.15) is 11.5 Å². The van der Waals surface area contributed by atoms with Gasteiger partial charge in [0.2, 0.25) is 0 Å². The summed E-state index contributed by atoms with van der Waals surface area (Å²) < 4.78 is 13.1. The summed E-state index contributed by atoms with van der Waals surface area (Å²) in [6, 6.07) is 10.2. The van der Waals surface area contributed by atoms with E-state index >= 15 is 0 Å². The number of pyridine rings is 1. The van der Waals surface area contributed by atoms with Gasteiger partial charge in [0.05, 0.1) is 11.9 Å². The molecule has 1 aromatic carbocycles. The van der Waals surface area contributed by atoms with Crippen molar-refractivity contribution in [1.82, 2.24) is 14.8 Å². The van der Waals surface area contributed by atoms with Crippen LogP contribution in [0.15, 0.2) is 42.6 Å². The second-order valence-corrected chi connectivity index (χ2v) is 7.27. The Kier molecular flexibility index (Phi) is 6.81. The van der Waals surface area contributed by atoms with E-state index in [0.717, 1.165) is 44.0 Å². The Labute approximate surface area is 166 Å². The molecule has 7 heteroatoms. The molecule has 1 fully saturated rings. The minimum Gasteiger partial charge on any atom is -0.384 e. The number of halogens is 1. The zero-order valence-electron chi connectivity index (χ0n) is 16.6. The second-order valence-electron chi connectivity index (χ2n) is 7.27. The third-order valence-electron chi connectivity index (χ3n) is 4.85. The van der Waals surface area contributed by atoms with E-state index in [-0.39, 0.29) is 11.7 Å². The van der Waals surface area contributed by atoms with Crippen molar-refractivity contribution < 1.29 is 9.18 Å². The van der Waals surface area contributed by atoms with Crippen molar-refractivity contribution in [3.8, 4) is 0 Å². The molecule has 0 spiro atoms. The van der Waals surface area contributed by atoms with Gasteiger partial charge in [-0.3, -0.25) is 4.79 Å². The lowest BCUT2D eigenvalue weighted by Crippen LogP contribution is -2.49. The van der Waals surface area contributed by atoms with Gasteiger partial charge in [-0.1, -0.05) is 0 Å². The lowest BCUT2D eigenvalue weighted by molar-refractivity contribution is 0.0741.